The first-order chi connectivity index (χ1) is 11.9. The molecule has 1 saturated heterocycles. The van der Waals surface area contributed by atoms with Crippen molar-refractivity contribution >= 4 is 5.96 Å². The third-order valence-electron chi connectivity index (χ3n) is 4.81. The van der Waals surface area contributed by atoms with Crippen molar-refractivity contribution in [1.82, 2.24) is 10.6 Å². The van der Waals surface area contributed by atoms with Gasteiger partial charge in [-0.15, -0.1) is 0 Å². The van der Waals surface area contributed by atoms with Gasteiger partial charge in [-0.05, 0) is 37.2 Å². The molecule has 0 aromatic heterocycles. The molecule has 2 rings (SSSR count). The number of nitrogens with zero attached hydrogens (tertiary/aromatic N) is 1. The summed E-state index contributed by atoms with van der Waals surface area (Å²) in [4.78, 5) is 4.38. The van der Waals surface area contributed by atoms with E-state index in [-0.39, 0.29) is 6.10 Å². The number of nitrogens with one attached hydrogen (secondary N) is 2. The first kappa shape index (κ1) is 19.8. The van der Waals surface area contributed by atoms with Gasteiger partial charge in [-0.1, -0.05) is 51.1 Å². The molecule has 1 aromatic rings. The summed E-state index contributed by atoms with van der Waals surface area (Å²) in [6, 6.07) is 10.9. The molecule has 0 spiro atoms. The highest BCUT2D eigenvalue weighted by atomic mass is 16.5. The van der Waals surface area contributed by atoms with E-state index >= 15 is 0 Å². The lowest BCUT2D eigenvalue weighted by atomic mass is 9.89. The fourth-order valence-corrected chi connectivity index (χ4v) is 3.23. The van der Waals surface area contributed by atoms with Gasteiger partial charge in [0.1, 0.15) is 0 Å². The molecule has 0 amide bonds. The van der Waals surface area contributed by atoms with Gasteiger partial charge >= 0.3 is 0 Å². The molecule has 0 bridgehead atoms. The Kier molecular flexibility index (Phi) is 7.30. The lowest BCUT2D eigenvalue weighted by Gasteiger charge is -2.24. The van der Waals surface area contributed by atoms with Gasteiger partial charge in [-0.3, -0.25) is 4.99 Å². The van der Waals surface area contributed by atoms with Gasteiger partial charge in [0.15, 0.2) is 5.96 Å². The third-order valence-corrected chi connectivity index (χ3v) is 4.81. The quantitative estimate of drug-likeness (QED) is 0.601. The van der Waals surface area contributed by atoms with Gasteiger partial charge in [0.05, 0.1) is 6.10 Å². The van der Waals surface area contributed by atoms with Crippen LogP contribution in [0.4, 0.5) is 0 Å². The summed E-state index contributed by atoms with van der Waals surface area (Å²) in [7, 11) is 1.84. The van der Waals surface area contributed by atoms with Crippen LogP contribution >= 0.6 is 0 Å². The highest BCUT2D eigenvalue weighted by Crippen LogP contribution is 2.33. The minimum absolute atomic E-state index is 0.185. The standard InChI is InChI=1S/C21H35N3O/c1-16(11-13-21(2,3)4)24-20(22-5)23-15-18-12-14-25-19(18)17-9-7-6-8-10-17/h6-10,16,18-19H,11-15H2,1-5H3,(H2,22,23,24). The van der Waals surface area contributed by atoms with Crippen LogP contribution in [0, 0.1) is 11.3 Å². The van der Waals surface area contributed by atoms with Gasteiger partial charge in [-0.2, -0.15) is 0 Å². The maximum Gasteiger partial charge on any atom is 0.191 e. The fraction of sp³-hybridized carbons (Fsp3) is 0.667. The zero-order chi connectivity index (χ0) is 18.3. The zero-order valence-electron chi connectivity index (χ0n) is 16.5. The molecule has 4 nitrogen and oxygen atoms in total. The minimum Gasteiger partial charge on any atom is -0.373 e. The lowest BCUT2D eigenvalue weighted by Crippen LogP contribution is -2.44. The largest absolute Gasteiger partial charge is 0.373 e. The van der Waals surface area contributed by atoms with Crippen LogP contribution < -0.4 is 10.6 Å². The molecule has 1 heterocycles. The SMILES string of the molecule is CN=C(NCC1CCOC1c1ccccc1)NC(C)CCC(C)(C)C. The van der Waals surface area contributed by atoms with E-state index in [1.165, 1.54) is 12.0 Å². The van der Waals surface area contributed by atoms with Crippen LogP contribution in [0.5, 0.6) is 0 Å². The molecule has 0 aliphatic carbocycles. The van der Waals surface area contributed by atoms with E-state index in [2.05, 4.69) is 73.7 Å². The van der Waals surface area contributed by atoms with Crippen molar-refractivity contribution < 1.29 is 4.74 Å². The lowest BCUT2D eigenvalue weighted by molar-refractivity contribution is 0.0915. The number of guanidine groups is 1. The fourth-order valence-electron chi connectivity index (χ4n) is 3.23. The number of benzene rings is 1. The average Bonchev–Trinajstić information content (AvgIpc) is 3.05. The molecule has 4 heteroatoms. The number of rotatable bonds is 6. The van der Waals surface area contributed by atoms with Crippen LogP contribution in [0.3, 0.4) is 0 Å². The molecule has 1 aliphatic rings. The van der Waals surface area contributed by atoms with Crippen LogP contribution in [-0.4, -0.2) is 32.2 Å². The van der Waals surface area contributed by atoms with E-state index in [0.717, 1.165) is 32.0 Å². The van der Waals surface area contributed by atoms with E-state index in [1.54, 1.807) is 0 Å². The van der Waals surface area contributed by atoms with Crippen LogP contribution in [0.15, 0.2) is 35.3 Å². The Morgan fingerprint density at radius 1 is 1.28 bits per heavy atom. The summed E-state index contributed by atoms with van der Waals surface area (Å²) in [5.41, 5.74) is 1.64. The summed E-state index contributed by atoms with van der Waals surface area (Å²) < 4.78 is 5.97. The Balaban J connectivity index is 1.82. The monoisotopic (exact) mass is 345 g/mol. The molecule has 1 aromatic carbocycles. The Labute approximate surface area is 153 Å². The van der Waals surface area contributed by atoms with Crippen LogP contribution in [0.2, 0.25) is 0 Å². The van der Waals surface area contributed by atoms with Gasteiger partial charge < -0.3 is 15.4 Å². The molecule has 140 valence electrons. The van der Waals surface area contributed by atoms with Gasteiger partial charge in [0, 0.05) is 32.2 Å². The molecule has 3 unspecified atom stereocenters. The van der Waals surface area contributed by atoms with Crippen molar-refractivity contribution in [3.05, 3.63) is 35.9 Å². The molecule has 0 saturated carbocycles. The van der Waals surface area contributed by atoms with Gasteiger partial charge in [0.2, 0.25) is 0 Å². The Hall–Kier alpha value is -1.55. The molecule has 2 N–H and O–H groups in total. The highest BCUT2D eigenvalue weighted by molar-refractivity contribution is 5.79. The number of hydrogen-bond acceptors (Lipinski definition) is 2. The molecular formula is C21H35N3O. The summed E-state index contributed by atoms with van der Waals surface area (Å²) in [5, 5.41) is 7.01. The number of ether oxygens (including phenoxy) is 1. The summed E-state index contributed by atoms with van der Waals surface area (Å²) in [6.45, 7) is 10.8. The maximum atomic E-state index is 5.97. The molecular weight excluding hydrogens is 310 g/mol. The van der Waals surface area contributed by atoms with E-state index in [0.29, 0.717) is 17.4 Å². The zero-order valence-corrected chi connectivity index (χ0v) is 16.5. The van der Waals surface area contributed by atoms with Crippen LogP contribution in [0.1, 0.15) is 58.6 Å². The van der Waals surface area contributed by atoms with E-state index in [9.17, 15) is 0 Å². The minimum atomic E-state index is 0.185. The summed E-state index contributed by atoms with van der Waals surface area (Å²) in [6.07, 6.45) is 3.61. The molecule has 3 atom stereocenters. The van der Waals surface area contributed by atoms with Gasteiger partial charge in [0.25, 0.3) is 0 Å². The van der Waals surface area contributed by atoms with E-state index < -0.39 is 0 Å². The highest BCUT2D eigenvalue weighted by Gasteiger charge is 2.29. The van der Waals surface area contributed by atoms with Crippen LogP contribution in [0.25, 0.3) is 0 Å². The number of aliphatic imine (C=N–C) groups is 1. The second-order valence-electron chi connectivity index (χ2n) is 8.35. The topological polar surface area (TPSA) is 45.7 Å². The number of hydrogen-bond donors (Lipinski definition) is 2. The van der Waals surface area contributed by atoms with Crippen molar-refractivity contribution in [3.63, 3.8) is 0 Å². The smallest absolute Gasteiger partial charge is 0.191 e. The Morgan fingerprint density at radius 3 is 2.64 bits per heavy atom. The molecule has 1 fully saturated rings. The van der Waals surface area contributed by atoms with E-state index in [1.807, 2.05) is 7.05 Å². The predicted octanol–water partition coefficient (Wildman–Crippen LogP) is 4.14. The third kappa shape index (κ3) is 6.69. The summed E-state index contributed by atoms with van der Waals surface area (Å²) in [5.74, 6) is 1.37. The Bertz CT molecular complexity index is 536. The maximum absolute atomic E-state index is 5.97. The second-order valence-corrected chi connectivity index (χ2v) is 8.35. The second kappa shape index (κ2) is 9.23. The van der Waals surface area contributed by atoms with E-state index in [4.69, 9.17) is 4.74 Å². The first-order valence-electron chi connectivity index (χ1n) is 9.53. The van der Waals surface area contributed by atoms with Crippen molar-refractivity contribution in [3.8, 4) is 0 Å². The van der Waals surface area contributed by atoms with Crippen molar-refractivity contribution in [1.29, 1.82) is 0 Å². The molecule has 0 radical (unpaired) electrons. The first-order valence-corrected chi connectivity index (χ1v) is 9.53. The summed E-state index contributed by atoms with van der Waals surface area (Å²) >= 11 is 0. The van der Waals surface area contributed by atoms with Crippen molar-refractivity contribution in [2.45, 2.75) is 59.1 Å². The van der Waals surface area contributed by atoms with Crippen LogP contribution in [-0.2, 0) is 4.74 Å². The average molecular weight is 346 g/mol. The Morgan fingerprint density at radius 2 is 2.00 bits per heavy atom. The van der Waals surface area contributed by atoms with Gasteiger partial charge in [-0.25, -0.2) is 0 Å². The molecule has 25 heavy (non-hydrogen) atoms. The normalized spacial score (nSPS) is 22.7. The molecule has 1 aliphatic heterocycles. The van der Waals surface area contributed by atoms with Crippen molar-refractivity contribution in [2.75, 3.05) is 20.2 Å². The van der Waals surface area contributed by atoms with Crippen molar-refractivity contribution in [2.24, 2.45) is 16.3 Å². The predicted molar refractivity (Wildman–Crippen MR) is 106 cm³/mol.